The van der Waals surface area contributed by atoms with E-state index in [0.717, 1.165) is 29.5 Å². The van der Waals surface area contributed by atoms with E-state index >= 15 is 0 Å². The third-order valence-corrected chi connectivity index (χ3v) is 4.52. The highest BCUT2D eigenvalue weighted by Gasteiger charge is 2.40. The van der Waals surface area contributed by atoms with Crippen LogP contribution >= 0.6 is 15.9 Å². The van der Waals surface area contributed by atoms with E-state index < -0.39 is 5.79 Å². The summed E-state index contributed by atoms with van der Waals surface area (Å²) in [6.45, 7) is 3.22. The van der Waals surface area contributed by atoms with Crippen molar-refractivity contribution in [1.82, 2.24) is 4.90 Å². The van der Waals surface area contributed by atoms with Crippen LogP contribution in [0.4, 0.5) is 5.69 Å². The SMILES string of the molecule is O=C(CN1CCCC2(C1)OCCO2)Nc1ccccc1Br. The average molecular weight is 355 g/mol. The summed E-state index contributed by atoms with van der Waals surface area (Å²) in [5, 5.41) is 2.93. The van der Waals surface area contributed by atoms with Gasteiger partial charge in [-0.25, -0.2) is 0 Å². The predicted octanol–water partition coefficient (Wildman–Crippen LogP) is 2.23. The lowest BCUT2D eigenvalue weighted by molar-refractivity contribution is -0.189. The Kier molecular flexibility index (Phi) is 4.59. The second kappa shape index (κ2) is 6.44. The van der Waals surface area contributed by atoms with E-state index in [1.165, 1.54) is 0 Å². The van der Waals surface area contributed by atoms with Gasteiger partial charge in [0.1, 0.15) is 0 Å². The molecule has 3 rings (SSSR count). The van der Waals surface area contributed by atoms with Gasteiger partial charge >= 0.3 is 0 Å². The van der Waals surface area contributed by atoms with Gasteiger partial charge in [-0.1, -0.05) is 12.1 Å². The number of carbonyl (C=O) groups is 1. The molecule has 2 aliphatic heterocycles. The molecule has 114 valence electrons. The summed E-state index contributed by atoms with van der Waals surface area (Å²) in [5.41, 5.74) is 0.794. The van der Waals surface area contributed by atoms with Crippen LogP contribution in [0.2, 0.25) is 0 Å². The van der Waals surface area contributed by atoms with Gasteiger partial charge in [-0.3, -0.25) is 9.69 Å². The molecular weight excluding hydrogens is 336 g/mol. The minimum atomic E-state index is -0.480. The molecule has 0 bridgehead atoms. The summed E-state index contributed by atoms with van der Waals surface area (Å²) >= 11 is 3.43. The summed E-state index contributed by atoms with van der Waals surface area (Å²) < 4.78 is 12.3. The van der Waals surface area contributed by atoms with Gasteiger partial charge < -0.3 is 14.8 Å². The van der Waals surface area contributed by atoms with Crippen LogP contribution in [-0.2, 0) is 14.3 Å². The molecule has 5 nitrogen and oxygen atoms in total. The molecule has 2 saturated heterocycles. The molecule has 1 N–H and O–H groups in total. The quantitative estimate of drug-likeness (QED) is 0.904. The fraction of sp³-hybridized carbons (Fsp3) is 0.533. The van der Waals surface area contributed by atoms with Gasteiger partial charge in [-0.2, -0.15) is 0 Å². The van der Waals surface area contributed by atoms with Crippen molar-refractivity contribution in [2.24, 2.45) is 0 Å². The minimum absolute atomic E-state index is 0.0167. The van der Waals surface area contributed by atoms with Crippen molar-refractivity contribution >= 4 is 27.5 Å². The summed E-state index contributed by atoms with van der Waals surface area (Å²) in [7, 11) is 0. The molecule has 6 heteroatoms. The lowest BCUT2D eigenvalue weighted by Crippen LogP contribution is -2.50. The van der Waals surface area contributed by atoms with Crippen LogP contribution in [0.3, 0.4) is 0 Å². The number of rotatable bonds is 3. The molecule has 2 fully saturated rings. The summed E-state index contributed by atoms with van der Waals surface area (Å²) in [4.78, 5) is 14.3. The molecule has 1 aromatic carbocycles. The first kappa shape index (κ1) is 15.0. The molecule has 1 aromatic rings. The number of benzene rings is 1. The van der Waals surface area contributed by atoms with Crippen LogP contribution in [0.25, 0.3) is 0 Å². The highest BCUT2D eigenvalue weighted by molar-refractivity contribution is 9.10. The number of ether oxygens (including phenoxy) is 2. The fourth-order valence-corrected chi connectivity index (χ4v) is 3.28. The Morgan fingerprint density at radius 3 is 2.86 bits per heavy atom. The molecule has 0 atom stereocenters. The van der Waals surface area contributed by atoms with Crippen LogP contribution in [0.5, 0.6) is 0 Å². The van der Waals surface area contributed by atoms with Gasteiger partial charge in [0.2, 0.25) is 5.91 Å². The Balaban J connectivity index is 1.56. The smallest absolute Gasteiger partial charge is 0.238 e. The number of nitrogens with one attached hydrogen (secondary N) is 1. The van der Waals surface area contributed by atoms with Gasteiger partial charge in [-0.15, -0.1) is 0 Å². The zero-order valence-corrected chi connectivity index (χ0v) is 13.4. The number of likely N-dealkylation sites (tertiary alicyclic amines) is 1. The maximum absolute atomic E-state index is 12.2. The third kappa shape index (κ3) is 3.63. The van der Waals surface area contributed by atoms with Crippen LogP contribution in [0, 0.1) is 0 Å². The van der Waals surface area contributed by atoms with Crippen molar-refractivity contribution in [3.05, 3.63) is 28.7 Å². The molecule has 0 aliphatic carbocycles. The number of anilines is 1. The van der Waals surface area contributed by atoms with E-state index in [1.54, 1.807) is 0 Å². The van der Waals surface area contributed by atoms with Crippen molar-refractivity contribution in [2.45, 2.75) is 18.6 Å². The number of carbonyl (C=O) groups excluding carboxylic acids is 1. The van der Waals surface area contributed by atoms with Crippen LogP contribution in [0.15, 0.2) is 28.7 Å². The number of halogens is 1. The van der Waals surface area contributed by atoms with Crippen LogP contribution in [-0.4, -0.2) is 49.4 Å². The van der Waals surface area contributed by atoms with Crippen molar-refractivity contribution in [3.8, 4) is 0 Å². The van der Waals surface area contributed by atoms with E-state index in [-0.39, 0.29) is 5.91 Å². The van der Waals surface area contributed by atoms with E-state index in [4.69, 9.17) is 9.47 Å². The molecule has 21 heavy (non-hydrogen) atoms. The first-order chi connectivity index (χ1) is 10.2. The molecule has 1 spiro atoms. The topological polar surface area (TPSA) is 50.8 Å². The number of hydrogen-bond donors (Lipinski definition) is 1. The standard InChI is InChI=1S/C15H19BrN2O3/c16-12-4-1-2-5-13(12)17-14(19)10-18-7-3-6-15(11-18)20-8-9-21-15/h1-2,4-5H,3,6-11H2,(H,17,19). The number of piperidine rings is 1. The molecule has 0 saturated carbocycles. The third-order valence-electron chi connectivity index (χ3n) is 3.83. The van der Waals surface area contributed by atoms with Gasteiger partial charge in [0.15, 0.2) is 5.79 Å². The monoisotopic (exact) mass is 354 g/mol. The summed E-state index contributed by atoms with van der Waals surface area (Å²) in [6.07, 6.45) is 1.90. The zero-order chi connectivity index (χ0) is 14.7. The number of hydrogen-bond acceptors (Lipinski definition) is 4. The Hall–Kier alpha value is -0.950. The molecule has 2 heterocycles. The lowest BCUT2D eigenvalue weighted by Gasteiger charge is -2.38. The summed E-state index contributed by atoms with van der Waals surface area (Å²) in [6, 6.07) is 7.61. The van der Waals surface area contributed by atoms with Crippen LogP contribution < -0.4 is 5.32 Å². The highest BCUT2D eigenvalue weighted by Crippen LogP contribution is 2.30. The fourth-order valence-electron chi connectivity index (χ4n) is 2.89. The maximum atomic E-state index is 12.2. The highest BCUT2D eigenvalue weighted by atomic mass is 79.9. The van der Waals surface area contributed by atoms with Crippen molar-refractivity contribution in [3.63, 3.8) is 0 Å². The Morgan fingerprint density at radius 2 is 2.10 bits per heavy atom. The van der Waals surface area contributed by atoms with E-state index in [9.17, 15) is 4.79 Å². The molecule has 0 radical (unpaired) electrons. The van der Waals surface area contributed by atoms with Crippen LogP contribution in [0.1, 0.15) is 12.8 Å². The zero-order valence-electron chi connectivity index (χ0n) is 11.8. The van der Waals surface area contributed by atoms with Crippen molar-refractivity contribution < 1.29 is 14.3 Å². The average Bonchev–Trinajstić information content (AvgIpc) is 2.89. The number of nitrogens with zero attached hydrogens (tertiary/aromatic N) is 1. The Labute approximate surface area is 132 Å². The molecule has 0 unspecified atom stereocenters. The van der Waals surface area contributed by atoms with E-state index in [1.807, 2.05) is 24.3 Å². The number of para-hydroxylation sites is 1. The van der Waals surface area contributed by atoms with Gasteiger partial charge in [0.25, 0.3) is 0 Å². The van der Waals surface area contributed by atoms with E-state index in [2.05, 4.69) is 26.1 Å². The number of amides is 1. The van der Waals surface area contributed by atoms with Crippen molar-refractivity contribution in [1.29, 1.82) is 0 Å². The lowest BCUT2D eigenvalue weighted by atomic mass is 10.0. The van der Waals surface area contributed by atoms with E-state index in [0.29, 0.717) is 26.3 Å². The molecule has 0 aromatic heterocycles. The maximum Gasteiger partial charge on any atom is 0.238 e. The predicted molar refractivity (Wildman–Crippen MR) is 83.1 cm³/mol. The van der Waals surface area contributed by atoms with Gasteiger partial charge in [-0.05, 0) is 41.0 Å². The normalized spacial score (nSPS) is 21.6. The Bertz CT molecular complexity index is 517. The minimum Gasteiger partial charge on any atom is -0.346 e. The van der Waals surface area contributed by atoms with Crippen molar-refractivity contribution in [2.75, 3.05) is 38.2 Å². The summed E-state index contributed by atoms with van der Waals surface area (Å²) in [5.74, 6) is -0.497. The second-order valence-electron chi connectivity index (χ2n) is 5.45. The van der Waals surface area contributed by atoms with Gasteiger partial charge in [0.05, 0.1) is 32.0 Å². The molecule has 2 aliphatic rings. The largest absolute Gasteiger partial charge is 0.346 e. The van der Waals surface area contributed by atoms with Gasteiger partial charge in [0, 0.05) is 10.9 Å². The first-order valence-corrected chi connectivity index (χ1v) is 8.01. The Morgan fingerprint density at radius 1 is 1.33 bits per heavy atom. The first-order valence-electron chi connectivity index (χ1n) is 7.22. The molecular formula is C15H19BrN2O3. The molecule has 1 amide bonds. The second-order valence-corrected chi connectivity index (χ2v) is 6.30.